The number of hydrogen-bond donors (Lipinski definition) is 2. The van der Waals surface area contributed by atoms with E-state index in [0.717, 1.165) is 23.3 Å². The van der Waals surface area contributed by atoms with Crippen LogP contribution in [0.3, 0.4) is 0 Å². The van der Waals surface area contributed by atoms with Gasteiger partial charge in [-0.2, -0.15) is 0 Å². The lowest BCUT2D eigenvalue weighted by atomic mass is 9.79. The van der Waals surface area contributed by atoms with Gasteiger partial charge in [0.2, 0.25) is 0 Å². The summed E-state index contributed by atoms with van der Waals surface area (Å²) in [4.78, 5) is 0. The van der Waals surface area contributed by atoms with Crippen LogP contribution in [-0.2, 0) is 11.2 Å². The van der Waals surface area contributed by atoms with Crippen LogP contribution < -0.4 is 10.8 Å². The van der Waals surface area contributed by atoms with Gasteiger partial charge in [-0.3, -0.25) is 0 Å². The van der Waals surface area contributed by atoms with Crippen molar-refractivity contribution in [2.24, 2.45) is 0 Å². The summed E-state index contributed by atoms with van der Waals surface area (Å²) in [5, 5.41) is 13.2. The van der Waals surface area contributed by atoms with Gasteiger partial charge in [-0.05, 0) is 24.0 Å². The van der Waals surface area contributed by atoms with Gasteiger partial charge in [-0.15, -0.1) is 0 Å². The quantitative estimate of drug-likeness (QED) is 0.823. The largest absolute Gasteiger partial charge is 0.492 e. The van der Waals surface area contributed by atoms with Gasteiger partial charge >= 0.3 is 7.12 Å². The summed E-state index contributed by atoms with van der Waals surface area (Å²) in [5.41, 5.74) is 4.19. The van der Waals surface area contributed by atoms with Crippen molar-refractivity contribution in [3.63, 3.8) is 0 Å². The van der Waals surface area contributed by atoms with Gasteiger partial charge in [0.25, 0.3) is 0 Å². The maximum atomic E-state index is 9.81. The molecule has 96 valence electrons. The summed E-state index contributed by atoms with van der Waals surface area (Å²) in [6.45, 7) is 2.73. The summed E-state index contributed by atoms with van der Waals surface area (Å²) in [6.07, 6.45) is -0.0792. The van der Waals surface area contributed by atoms with Crippen LogP contribution in [0.25, 0.3) is 0 Å². The van der Waals surface area contributed by atoms with Crippen LogP contribution in [-0.4, -0.2) is 12.1 Å². The standard InChI is InChI=1S/C15H16BNO2/c1-11-15-13(16(18)19-11)8-5-9-14(15)17-10-12-6-3-2-4-7-12/h2-9,11,17-18H,10H2,1H3. The van der Waals surface area contributed by atoms with E-state index in [2.05, 4.69) is 17.4 Å². The summed E-state index contributed by atoms with van der Waals surface area (Å²) in [5.74, 6) is 0. The Morgan fingerprint density at radius 1 is 1.16 bits per heavy atom. The molecular weight excluding hydrogens is 237 g/mol. The Morgan fingerprint density at radius 2 is 1.95 bits per heavy atom. The molecule has 19 heavy (non-hydrogen) atoms. The molecule has 0 saturated heterocycles. The van der Waals surface area contributed by atoms with E-state index in [9.17, 15) is 5.02 Å². The molecule has 0 fully saturated rings. The number of fused-ring (bicyclic) bond motifs is 1. The zero-order valence-corrected chi connectivity index (χ0v) is 10.8. The first kappa shape index (κ1) is 12.3. The molecule has 3 nitrogen and oxygen atoms in total. The maximum Gasteiger partial charge on any atom is 0.492 e. The predicted octanol–water partition coefficient (Wildman–Crippen LogP) is 2.08. The minimum Gasteiger partial charge on any atom is -0.423 e. The Morgan fingerprint density at radius 3 is 2.74 bits per heavy atom. The van der Waals surface area contributed by atoms with Gasteiger partial charge in [0.15, 0.2) is 0 Å². The van der Waals surface area contributed by atoms with E-state index in [0.29, 0.717) is 0 Å². The molecule has 1 aliphatic rings. The van der Waals surface area contributed by atoms with Crippen molar-refractivity contribution < 1.29 is 9.68 Å². The van der Waals surface area contributed by atoms with Crippen molar-refractivity contribution >= 4 is 18.3 Å². The van der Waals surface area contributed by atoms with E-state index >= 15 is 0 Å². The minimum atomic E-state index is -0.802. The molecule has 3 rings (SSSR count). The molecular formula is C15H16BNO2. The normalized spacial score (nSPS) is 17.4. The highest BCUT2D eigenvalue weighted by atomic mass is 16.5. The lowest BCUT2D eigenvalue weighted by molar-refractivity contribution is 0.209. The molecule has 0 aliphatic carbocycles. The molecule has 0 radical (unpaired) electrons. The van der Waals surface area contributed by atoms with E-state index in [1.165, 1.54) is 5.56 Å². The summed E-state index contributed by atoms with van der Waals surface area (Å²) in [6, 6.07) is 16.1. The Kier molecular flexibility index (Phi) is 3.28. The van der Waals surface area contributed by atoms with Crippen molar-refractivity contribution in [3.05, 3.63) is 59.7 Å². The number of anilines is 1. The molecule has 1 unspecified atom stereocenters. The summed E-state index contributed by atoms with van der Waals surface area (Å²) >= 11 is 0. The number of nitrogens with one attached hydrogen (secondary N) is 1. The molecule has 1 atom stereocenters. The van der Waals surface area contributed by atoms with Crippen molar-refractivity contribution in [1.82, 2.24) is 0 Å². The fourth-order valence-corrected chi connectivity index (χ4v) is 2.53. The van der Waals surface area contributed by atoms with E-state index in [4.69, 9.17) is 4.65 Å². The van der Waals surface area contributed by atoms with E-state index in [1.807, 2.05) is 43.3 Å². The second-order valence-electron chi connectivity index (χ2n) is 4.78. The maximum absolute atomic E-state index is 9.81. The number of hydrogen-bond acceptors (Lipinski definition) is 3. The third-order valence-electron chi connectivity index (χ3n) is 3.47. The third-order valence-corrected chi connectivity index (χ3v) is 3.47. The fourth-order valence-electron chi connectivity index (χ4n) is 2.53. The van der Waals surface area contributed by atoms with Gasteiger partial charge in [0.05, 0.1) is 6.10 Å². The first-order valence-corrected chi connectivity index (χ1v) is 6.50. The van der Waals surface area contributed by atoms with Crippen LogP contribution in [0.4, 0.5) is 5.69 Å². The van der Waals surface area contributed by atoms with Gasteiger partial charge in [-0.25, -0.2) is 0 Å². The Labute approximate surface area is 113 Å². The average molecular weight is 253 g/mol. The van der Waals surface area contributed by atoms with E-state index < -0.39 is 7.12 Å². The topological polar surface area (TPSA) is 41.5 Å². The van der Waals surface area contributed by atoms with Crippen LogP contribution in [0.15, 0.2) is 48.5 Å². The molecule has 1 aliphatic heterocycles. The first-order chi connectivity index (χ1) is 9.25. The van der Waals surface area contributed by atoms with Crippen LogP contribution in [0.2, 0.25) is 0 Å². The average Bonchev–Trinajstić information content (AvgIpc) is 2.74. The summed E-state index contributed by atoms with van der Waals surface area (Å²) in [7, 11) is -0.802. The smallest absolute Gasteiger partial charge is 0.423 e. The monoisotopic (exact) mass is 253 g/mol. The second kappa shape index (κ2) is 5.07. The van der Waals surface area contributed by atoms with E-state index in [1.54, 1.807) is 0 Å². The molecule has 0 bridgehead atoms. The molecule has 4 heteroatoms. The molecule has 2 aromatic carbocycles. The fraction of sp³-hybridized carbons (Fsp3) is 0.200. The number of benzene rings is 2. The highest BCUT2D eigenvalue weighted by Gasteiger charge is 2.34. The highest BCUT2D eigenvalue weighted by Crippen LogP contribution is 2.29. The second-order valence-corrected chi connectivity index (χ2v) is 4.78. The highest BCUT2D eigenvalue weighted by molar-refractivity contribution is 6.62. The van der Waals surface area contributed by atoms with Crippen molar-refractivity contribution in [2.45, 2.75) is 19.6 Å². The summed E-state index contributed by atoms with van der Waals surface area (Å²) < 4.78 is 5.44. The zero-order valence-electron chi connectivity index (χ0n) is 10.8. The lowest BCUT2D eigenvalue weighted by Crippen LogP contribution is -2.28. The molecule has 0 aromatic heterocycles. The van der Waals surface area contributed by atoms with Crippen molar-refractivity contribution in [1.29, 1.82) is 0 Å². The number of rotatable bonds is 3. The Balaban J connectivity index is 1.83. The van der Waals surface area contributed by atoms with Gasteiger partial charge in [-0.1, -0.05) is 42.5 Å². The predicted molar refractivity (Wildman–Crippen MR) is 77.3 cm³/mol. The molecule has 0 amide bonds. The van der Waals surface area contributed by atoms with Crippen molar-refractivity contribution in [2.75, 3.05) is 5.32 Å². The Bertz CT molecular complexity index is 574. The SMILES string of the molecule is CC1OB(O)c2cccc(NCc3ccccc3)c21. The van der Waals surface area contributed by atoms with Crippen LogP contribution >= 0.6 is 0 Å². The van der Waals surface area contributed by atoms with Gasteiger partial charge in [0, 0.05) is 17.8 Å². The molecule has 0 saturated carbocycles. The molecule has 2 aromatic rings. The van der Waals surface area contributed by atoms with Gasteiger partial charge < -0.3 is 15.0 Å². The first-order valence-electron chi connectivity index (χ1n) is 6.50. The zero-order chi connectivity index (χ0) is 13.2. The lowest BCUT2D eigenvalue weighted by Gasteiger charge is -2.13. The van der Waals surface area contributed by atoms with Crippen LogP contribution in [0.1, 0.15) is 24.2 Å². The van der Waals surface area contributed by atoms with Crippen LogP contribution in [0.5, 0.6) is 0 Å². The van der Waals surface area contributed by atoms with E-state index in [-0.39, 0.29) is 6.10 Å². The molecule has 0 spiro atoms. The third kappa shape index (κ3) is 2.37. The minimum absolute atomic E-state index is 0.0792. The van der Waals surface area contributed by atoms with Gasteiger partial charge in [0.1, 0.15) is 0 Å². The Hall–Kier alpha value is -1.78. The van der Waals surface area contributed by atoms with Crippen molar-refractivity contribution in [3.8, 4) is 0 Å². The molecule has 1 heterocycles. The van der Waals surface area contributed by atoms with Crippen LogP contribution in [0, 0.1) is 0 Å². The molecule has 2 N–H and O–H groups in total.